The fourth-order valence-electron chi connectivity index (χ4n) is 3.40. The van der Waals surface area contributed by atoms with Crippen LogP contribution < -0.4 is 4.74 Å². The molecule has 0 spiro atoms. The summed E-state index contributed by atoms with van der Waals surface area (Å²) in [5, 5.41) is 1.68. The molecule has 1 atom stereocenters. The lowest BCUT2D eigenvalue weighted by molar-refractivity contribution is -0.135. The van der Waals surface area contributed by atoms with Crippen LogP contribution in [0.1, 0.15) is 23.7 Å². The number of ether oxygens (including phenoxy) is 1. The molecule has 3 rings (SSSR count). The fraction of sp³-hybridized carbons (Fsp3) is 0.368. The third-order valence-corrected chi connectivity index (χ3v) is 6.46. The van der Waals surface area contributed by atoms with Crippen LogP contribution in [0.4, 0.5) is 0 Å². The Bertz CT molecular complexity index is 938. The normalized spacial score (nSPS) is 18.6. The molecule has 0 N–H and O–H groups in total. The van der Waals surface area contributed by atoms with Gasteiger partial charge in [0.2, 0.25) is 0 Å². The average molecular weight is 375 g/mol. The van der Waals surface area contributed by atoms with E-state index in [4.69, 9.17) is 4.74 Å². The van der Waals surface area contributed by atoms with Crippen molar-refractivity contribution in [3.8, 4) is 5.75 Å². The molecule has 1 aliphatic heterocycles. The Kier molecular flexibility index (Phi) is 5.27. The van der Waals surface area contributed by atoms with Crippen LogP contribution in [-0.4, -0.2) is 56.2 Å². The molecule has 1 heterocycles. The van der Waals surface area contributed by atoms with E-state index in [1.54, 1.807) is 11.0 Å². The Morgan fingerprint density at radius 1 is 1.27 bits per heavy atom. The number of amides is 1. The van der Waals surface area contributed by atoms with Gasteiger partial charge in [0.25, 0.3) is 5.91 Å². The van der Waals surface area contributed by atoms with Crippen LogP contribution in [0.5, 0.6) is 5.75 Å². The van der Waals surface area contributed by atoms with Gasteiger partial charge in [-0.25, -0.2) is 8.42 Å². The molecule has 7 heteroatoms. The van der Waals surface area contributed by atoms with Gasteiger partial charge in [-0.05, 0) is 30.2 Å². The maximum Gasteiger partial charge on any atom is 0.260 e. The van der Waals surface area contributed by atoms with Crippen molar-refractivity contribution in [1.82, 2.24) is 4.90 Å². The number of benzene rings is 2. The molecule has 0 aromatic heterocycles. The van der Waals surface area contributed by atoms with Gasteiger partial charge in [-0.3, -0.25) is 9.59 Å². The SMILES string of the molecule is CCN(C(=O)COc1ccc2ccccc2c1C=O)[C@H]1CCS(=O)(=O)C1. The highest BCUT2D eigenvalue weighted by atomic mass is 32.2. The van der Waals surface area contributed by atoms with E-state index in [1.807, 2.05) is 37.3 Å². The number of sulfone groups is 1. The lowest BCUT2D eigenvalue weighted by atomic mass is 10.0. The van der Waals surface area contributed by atoms with Crippen molar-refractivity contribution in [3.05, 3.63) is 42.0 Å². The van der Waals surface area contributed by atoms with Gasteiger partial charge in [-0.15, -0.1) is 0 Å². The lowest BCUT2D eigenvalue weighted by Crippen LogP contribution is -2.43. The zero-order valence-electron chi connectivity index (χ0n) is 14.6. The second-order valence-corrected chi connectivity index (χ2v) is 8.57. The van der Waals surface area contributed by atoms with Gasteiger partial charge in [0, 0.05) is 12.6 Å². The molecule has 6 nitrogen and oxygen atoms in total. The highest BCUT2D eigenvalue weighted by Gasteiger charge is 2.34. The van der Waals surface area contributed by atoms with E-state index in [-0.39, 0.29) is 30.1 Å². The molecule has 2 aromatic carbocycles. The third-order valence-electron chi connectivity index (χ3n) is 4.71. The molecule has 0 saturated carbocycles. The monoisotopic (exact) mass is 375 g/mol. The maximum absolute atomic E-state index is 12.5. The van der Waals surface area contributed by atoms with Crippen molar-refractivity contribution in [3.63, 3.8) is 0 Å². The molecule has 0 unspecified atom stereocenters. The highest BCUT2D eigenvalue weighted by molar-refractivity contribution is 7.91. The number of likely N-dealkylation sites (N-methyl/N-ethyl adjacent to an activating group) is 1. The first-order valence-electron chi connectivity index (χ1n) is 8.55. The summed E-state index contributed by atoms with van der Waals surface area (Å²) in [5.74, 6) is 0.187. The predicted octanol–water partition coefficient (Wildman–Crippen LogP) is 2.07. The van der Waals surface area contributed by atoms with Crippen molar-refractivity contribution in [2.24, 2.45) is 0 Å². The van der Waals surface area contributed by atoms with E-state index in [2.05, 4.69) is 0 Å². The first-order valence-corrected chi connectivity index (χ1v) is 10.4. The summed E-state index contributed by atoms with van der Waals surface area (Å²) in [6, 6.07) is 10.7. The molecular formula is C19H21NO5S. The number of aldehydes is 1. The van der Waals surface area contributed by atoms with Gasteiger partial charge >= 0.3 is 0 Å². The van der Waals surface area contributed by atoms with Gasteiger partial charge in [0.05, 0.1) is 17.1 Å². The van der Waals surface area contributed by atoms with Crippen LogP contribution in [0.3, 0.4) is 0 Å². The van der Waals surface area contributed by atoms with Gasteiger partial charge in [0.15, 0.2) is 22.7 Å². The Labute approximate surface area is 152 Å². The van der Waals surface area contributed by atoms with E-state index in [1.165, 1.54) is 0 Å². The number of fused-ring (bicyclic) bond motifs is 1. The summed E-state index contributed by atoms with van der Waals surface area (Å²) in [6.45, 7) is 2.00. The molecule has 0 aliphatic carbocycles. The van der Waals surface area contributed by atoms with Crippen molar-refractivity contribution in [2.45, 2.75) is 19.4 Å². The van der Waals surface area contributed by atoms with Crippen LogP contribution in [-0.2, 0) is 14.6 Å². The number of carbonyl (C=O) groups excluding carboxylic acids is 2. The smallest absolute Gasteiger partial charge is 0.260 e. The van der Waals surface area contributed by atoms with Gasteiger partial charge in [-0.2, -0.15) is 0 Å². The predicted molar refractivity (Wildman–Crippen MR) is 99.3 cm³/mol. The molecule has 1 fully saturated rings. The maximum atomic E-state index is 12.5. The molecule has 0 radical (unpaired) electrons. The lowest BCUT2D eigenvalue weighted by Gasteiger charge is -2.27. The third kappa shape index (κ3) is 3.72. The molecule has 1 amide bonds. The van der Waals surface area contributed by atoms with E-state index in [0.717, 1.165) is 17.1 Å². The zero-order valence-corrected chi connectivity index (χ0v) is 15.4. The Morgan fingerprint density at radius 2 is 2.04 bits per heavy atom. The minimum Gasteiger partial charge on any atom is -0.483 e. The quantitative estimate of drug-likeness (QED) is 0.722. The van der Waals surface area contributed by atoms with Crippen molar-refractivity contribution < 1.29 is 22.7 Å². The molecule has 138 valence electrons. The Hall–Kier alpha value is -2.41. The van der Waals surface area contributed by atoms with Crippen LogP contribution in [0, 0.1) is 0 Å². The molecule has 2 aromatic rings. The molecule has 0 bridgehead atoms. The Balaban J connectivity index is 1.75. The first kappa shape index (κ1) is 18.4. The zero-order chi connectivity index (χ0) is 18.7. The van der Waals surface area contributed by atoms with Crippen molar-refractivity contribution in [1.29, 1.82) is 0 Å². The number of hydrogen-bond acceptors (Lipinski definition) is 5. The molecule has 1 aliphatic rings. The largest absolute Gasteiger partial charge is 0.483 e. The number of carbonyl (C=O) groups is 2. The van der Waals surface area contributed by atoms with E-state index >= 15 is 0 Å². The molecule has 26 heavy (non-hydrogen) atoms. The Morgan fingerprint density at radius 3 is 2.69 bits per heavy atom. The number of rotatable bonds is 6. The summed E-state index contributed by atoms with van der Waals surface area (Å²) in [5.41, 5.74) is 0.405. The topological polar surface area (TPSA) is 80.8 Å². The van der Waals surface area contributed by atoms with Gasteiger partial charge in [-0.1, -0.05) is 30.3 Å². The minimum absolute atomic E-state index is 0.00213. The van der Waals surface area contributed by atoms with Crippen LogP contribution in [0.15, 0.2) is 36.4 Å². The standard InChI is InChI=1S/C19H21NO5S/c1-2-20(15-9-10-26(23,24)13-15)19(22)12-25-18-8-7-14-5-3-4-6-16(14)17(18)11-21/h3-8,11,15H,2,9-10,12-13H2,1H3/t15-/m0/s1. The van der Waals surface area contributed by atoms with Crippen LogP contribution in [0.25, 0.3) is 10.8 Å². The summed E-state index contributed by atoms with van der Waals surface area (Å²) in [6.07, 6.45) is 1.18. The van der Waals surface area contributed by atoms with Gasteiger partial charge < -0.3 is 9.64 Å². The highest BCUT2D eigenvalue weighted by Crippen LogP contribution is 2.27. The summed E-state index contributed by atoms with van der Waals surface area (Å²) in [4.78, 5) is 25.6. The number of hydrogen-bond donors (Lipinski definition) is 0. The average Bonchev–Trinajstić information content (AvgIpc) is 2.99. The second kappa shape index (κ2) is 7.45. The minimum atomic E-state index is -3.07. The van der Waals surface area contributed by atoms with Gasteiger partial charge in [0.1, 0.15) is 5.75 Å². The van der Waals surface area contributed by atoms with E-state index in [9.17, 15) is 18.0 Å². The summed E-state index contributed by atoms with van der Waals surface area (Å²) < 4.78 is 28.9. The molecular weight excluding hydrogens is 354 g/mol. The summed E-state index contributed by atoms with van der Waals surface area (Å²) >= 11 is 0. The first-order chi connectivity index (χ1) is 12.4. The number of nitrogens with zero attached hydrogens (tertiary/aromatic N) is 1. The van der Waals surface area contributed by atoms with E-state index in [0.29, 0.717) is 24.3 Å². The summed E-state index contributed by atoms with van der Waals surface area (Å²) in [7, 11) is -3.07. The van der Waals surface area contributed by atoms with Crippen molar-refractivity contribution in [2.75, 3.05) is 24.7 Å². The second-order valence-electron chi connectivity index (χ2n) is 6.34. The van der Waals surface area contributed by atoms with E-state index < -0.39 is 9.84 Å². The molecule has 1 saturated heterocycles. The van der Waals surface area contributed by atoms with Crippen LogP contribution in [0.2, 0.25) is 0 Å². The van der Waals surface area contributed by atoms with Crippen molar-refractivity contribution >= 4 is 32.8 Å². The van der Waals surface area contributed by atoms with Crippen LogP contribution >= 0.6 is 0 Å². The fourth-order valence-corrected chi connectivity index (χ4v) is 5.14.